The summed E-state index contributed by atoms with van der Waals surface area (Å²) < 4.78 is 15.6. The van der Waals surface area contributed by atoms with E-state index in [1.165, 1.54) is 6.08 Å². The summed E-state index contributed by atoms with van der Waals surface area (Å²) in [5.41, 5.74) is 0.738. The molecule has 0 saturated heterocycles. The summed E-state index contributed by atoms with van der Waals surface area (Å²) in [4.78, 5) is 11.8. The van der Waals surface area contributed by atoms with Crippen molar-refractivity contribution in [3.63, 3.8) is 0 Å². The highest BCUT2D eigenvalue weighted by Gasteiger charge is 2.04. The molecule has 2 rings (SSSR count). The number of rotatable bonds is 5. The minimum absolute atomic E-state index is 0.453. The second-order valence-electron chi connectivity index (χ2n) is 4.18. The molecule has 21 heavy (non-hydrogen) atoms. The molecule has 0 heterocycles. The van der Waals surface area contributed by atoms with Gasteiger partial charge in [-0.25, -0.2) is 4.79 Å². The van der Waals surface area contributed by atoms with E-state index in [0.29, 0.717) is 17.2 Å². The fraction of sp³-hybridized carbons (Fsp3) is 0.118. The van der Waals surface area contributed by atoms with Crippen molar-refractivity contribution in [2.24, 2.45) is 0 Å². The van der Waals surface area contributed by atoms with E-state index in [0.717, 1.165) is 5.56 Å². The molecular weight excluding hydrogens is 268 g/mol. The van der Waals surface area contributed by atoms with Gasteiger partial charge in [-0.2, -0.15) is 0 Å². The Morgan fingerprint density at radius 2 is 1.71 bits per heavy atom. The molecule has 0 aromatic heterocycles. The smallest absolute Gasteiger partial charge is 0.336 e. The Morgan fingerprint density at radius 1 is 0.952 bits per heavy atom. The van der Waals surface area contributed by atoms with E-state index in [1.54, 1.807) is 62.8 Å². The number of para-hydroxylation sites is 1. The fourth-order valence-corrected chi connectivity index (χ4v) is 1.77. The lowest BCUT2D eigenvalue weighted by Crippen LogP contribution is -2.03. The summed E-state index contributed by atoms with van der Waals surface area (Å²) in [5.74, 6) is 1.39. The SMILES string of the molecule is COc1ccc(OC)c(/C=C/C(=O)Oc2ccccc2)c1. The van der Waals surface area contributed by atoms with Gasteiger partial charge in [0.2, 0.25) is 0 Å². The predicted molar refractivity (Wildman–Crippen MR) is 80.7 cm³/mol. The first-order valence-corrected chi connectivity index (χ1v) is 6.40. The van der Waals surface area contributed by atoms with Crippen LogP contribution in [-0.2, 0) is 4.79 Å². The highest BCUT2D eigenvalue weighted by molar-refractivity contribution is 5.89. The summed E-state index contributed by atoms with van der Waals surface area (Å²) in [6, 6.07) is 14.3. The number of hydrogen-bond donors (Lipinski definition) is 0. The van der Waals surface area contributed by atoms with E-state index >= 15 is 0 Å². The van der Waals surface area contributed by atoms with Crippen molar-refractivity contribution in [3.8, 4) is 17.2 Å². The van der Waals surface area contributed by atoms with Crippen LogP contribution in [0.2, 0.25) is 0 Å². The van der Waals surface area contributed by atoms with Crippen LogP contribution < -0.4 is 14.2 Å². The molecule has 0 spiro atoms. The Morgan fingerprint density at radius 3 is 2.38 bits per heavy atom. The van der Waals surface area contributed by atoms with Crippen molar-refractivity contribution in [2.75, 3.05) is 14.2 Å². The van der Waals surface area contributed by atoms with Crippen LogP contribution in [0.3, 0.4) is 0 Å². The lowest BCUT2D eigenvalue weighted by atomic mass is 10.1. The molecule has 0 aliphatic heterocycles. The van der Waals surface area contributed by atoms with Crippen molar-refractivity contribution in [1.82, 2.24) is 0 Å². The zero-order chi connectivity index (χ0) is 15.1. The van der Waals surface area contributed by atoms with Gasteiger partial charge in [0.05, 0.1) is 14.2 Å². The molecule has 0 saturated carbocycles. The van der Waals surface area contributed by atoms with Crippen molar-refractivity contribution in [2.45, 2.75) is 0 Å². The largest absolute Gasteiger partial charge is 0.497 e. The van der Waals surface area contributed by atoms with Gasteiger partial charge in [-0.1, -0.05) is 18.2 Å². The molecule has 0 radical (unpaired) electrons. The van der Waals surface area contributed by atoms with Crippen LogP contribution in [0.15, 0.2) is 54.6 Å². The molecule has 2 aromatic carbocycles. The lowest BCUT2D eigenvalue weighted by Gasteiger charge is -2.07. The summed E-state index contributed by atoms with van der Waals surface area (Å²) >= 11 is 0. The van der Waals surface area contributed by atoms with Gasteiger partial charge in [0.15, 0.2) is 0 Å². The average molecular weight is 284 g/mol. The second kappa shape index (κ2) is 7.14. The van der Waals surface area contributed by atoms with Crippen molar-refractivity contribution < 1.29 is 19.0 Å². The monoisotopic (exact) mass is 284 g/mol. The third kappa shape index (κ3) is 4.11. The van der Waals surface area contributed by atoms with Gasteiger partial charge in [-0.15, -0.1) is 0 Å². The number of benzene rings is 2. The second-order valence-corrected chi connectivity index (χ2v) is 4.18. The molecule has 0 unspecified atom stereocenters. The minimum atomic E-state index is -0.453. The highest BCUT2D eigenvalue weighted by Crippen LogP contribution is 2.25. The quantitative estimate of drug-likeness (QED) is 0.480. The minimum Gasteiger partial charge on any atom is -0.497 e. The van der Waals surface area contributed by atoms with E-state index in [1.807, 2.05) is 6.07 Å². The summed E-state index contributed by atoms with van der Waals surface area (Å²) in [6.07, 6.45) is 2.98. The fourth-order valence-electron chi connectivity index (χ4n) is 1.77. The average Bonchev–Trinajstić information content (AvgIpc) is 2.53. The van der Waals surface area contributed by atoms with Crippen LogP contribution >= 0.6 is 0 Å². The third-order valence-electron chi connectivity index (χ3n) is 2.80. The molecule has 0 atom stereocenters. The molecular formula is C17H16O4. The maximum absolute atomic E-state index is 11.8. The zero-order valence-corrected chi connectivity index (χ0v) is 11.9. The van der Waals surface area contributed by atoms with E-state index in [2.05, 4.69) is 0 Å². The molecule has 0 amide bonds. The van der Waals surface area contributed by atoms with Crippen LogP contribution in [0.4, 0.5) is 0 Å². The molecule has 4 heteroatoms. The number of methoxy groups -OCH3 is 2. The molecule has 0 aliphatic rings. The van der Waals surface area contributed by atoms with Gasteiger partial charge in [0.1, 0.15) is 17.2 Å². The van der Waals surface area contributed by atoms with Gasteiger partial charge in [0, 0.05) is 11.6 Å². The van der Waals surface area contributed by atoms with Crippen molar-refractivity contribution in [1.29, 1.82) is 0 Å². The standard InChI is InChI=1S/C17H16O4/c1-19-15-9-10-16(20-2)13(12-15)8-11-17(18)21-14-6-4-3-5-7-14/h3-12H,1-2H3/b11-8+. The Bertz CT molecular complexity index is 632. The van der Waals surface area contributed by atoms with E-state index in [4.69, 9.17) is 14.2 Å². The molecule has 0 fully saturated rings. The predicted octanol–water partition coefficient (Wildman–Crippen LogP) is 3.32. The van der Waals surface area contributed by atoms with E-state index in [-0.39, 0.29) is 0 Å². The van der Waals surface area contributed by atoms with E-state index in [9.17, 15) is 4.79 Å². The molecule has 0 N–H and O–H groups in total. The highest BCUT2D eigenvalue weighted by atomic mass is 16.5. The van der Waals surface area contributed by atoms with Crippen LogP contribution in [0.1, 0.15) is 5.56 Å². The summed E-state index contributed by atoms with van der Waals surface area (Å²) in [5, 5.41) is 0. The lowest BCUT2D eigenvalue weighted by molar-refractivity contribution is -0.128. The zero-order valence-electron chi connectivity index (χ0n) is 11.9. The van der Waals surface area contributed by atoms with Gasteiger partial charge in [-0.3, -0.25) is 0 Å². The van der Waals surface area contributed by atoms with Gasteiger partial charge < -0.3 is 14.2 Å². The van der Waals surface area contributed by atoms with Crippen molar-refractivity contribution in [3.05, 3.63) is 60.2 Å². The third-order valence-corrected chi connectivity index (χ3v) is 2.80. The topological polar surface area (TPSA) is 44.8 Å². The van der Waals surface area contributed by atoms with Gasteiger partial charge >= 0.3 is 5.97 Å². The maximum Gasteiger partial charge on any atom is 0.336 e. The number of esters is 1. The number of carbonyl (C=O) groups is 1. The molecule has 108 valence electrons. The van der Waals surface area contributed by atoms with Crippen LogP contribution in [0, 0.1) is 0 Å². The molecule has 0 aliphatic carbocycles. The van der Waals surface area contributed by atoms with E-state index < -0.39 is 5.97 Å². The number of hydrogen-bond acceptors (Lipinski definition) is 4. The first kappa shape index (κ1) is 14.7. The maximum atomic E-state index is 11.8. The van der Waals surface area contributed by atoms with Gasteiger partial charge in [-0.05, 0) is 36.4 Å². The first-order chi connectivity index (χ1) is 10.2. The van der Waals surface area contributed by atoms with Crippen LogP contribution in [0.5, 0.6) is 17.2 Å². The molecule has 4 nitrogen and oxygen atoms in total. The summed E-state index contributed by atoms with van der Waals surface area (Å²) in [7, 11) is 3.15. The number of carbonyl (C=O) groups excluding carboxylic acids is 1. The van der Waals surface area contributed by atoms with Crippen molar-refractivity contribution >= 4 is 12.0 Å². The normalized spacial score (nSPS) is 10.4. The van der Waals surface area contributed by atoms with Crippen LogP contribution in [-0.4, -0.2) is 20.2 Å². The molecule has 0 bridgehead atoms. The Balaban J connectivity index is 2.11. The first-order valence-electron chi connectivity index (χ1n) is 6.40. The number of ether oxygens (including phenoxy) is 3. The van der Waals surface area contributed by atoms with Gasteiger partial charge in [0.25, 0.3) is 0 Å². The summed E-state index contributed by atoms with van der Waals surface area (Å²) in [6.45, 7) is 0. The Hall–Kier alpha value is -2.75. The molecule has 2 aromatic rings. The Kier molecular flexibility index (Phi) is 4.99. The Labute approximate surface area is 123 Å². The van der Waals surface area contributed by atoms with Crippen LogP contribution in [0.25, 0.3) is 6.08 Å².